The zero-order chi connectivity index (χ0) is 10.4. The second kappa shape index (κ2) is 5.27. The standard InChI is InChI=1S/C11H15NO2/c1-2-6-14-11(13)8-9-4-3-5-10(12)7-9/h3-5,7H,2,6,8,12H2,1H3. The van der Waals surface area contributed by atoms with E-state index in [-0.39, 0.29) is 5.97 Å². The third-order valence-electron chi connectivity index (χ3n) is 1.77. The van der Waals surface area contributed by atoms with Gasteiger partial charge in [0.1, 0.15) is 0 Å². The molecule has 76 valence electrons. The van der Waals surface area contributed by atoms with E-state index in [0.717, 1.165) is 12.0 Å². The van der Waals surface area contributed by atoms with Crippen molar-refractivity contribution in [1.29, 1.82) is 0 Å². The summed E-state index contributed by atoms with van der Waals surface area (Å²) in [6.07, 6.45) is 1.15. The van der Waals surface area contributed by atoms with Gasteiger partial charge in [0.25, 0.3) is 0 Å². The van der Waals surface area contributed by atoms with Crippen LogP contribution in [0.3, 0.4) is 0 Å². The average molecular weight is 193 g/mol. The summed E-state index contributed by atoms with van der Waals surface area (Å²) in [4.78, 5) is 11.2. The number of carbonyl (C=O) groups is 1. The van der Waals surface area contributed by atoms with Crippen molar-refractivity contribution in [3.63, 3.8) is 0 Å². The molecule has 0 heterocycles. The smallest absolute Gasteiger partial charge is 0.310 e. The fourth-order valence-electron chi connectivity index (χ4n) is 1.14. The molecular weight excluding hydrogens is 178 g/mol. The number of anilines is 1. The molecule has 1 aromatic rings. The molecule has 0 fully saturated rings. The van der Waals surface area contributed by atoms with E-state index in [2.05, 4.69) is 0 Å². The van der Waals surface area contributed by atoms with Crippen molar-refractivity contribution in [3.8, 4) is 0 Å². The Morgan fingerprint density at radius 3 is 2.93 bits per heavy atom. The van der Waals surface area contributed by atoms with E-state index in [1.165, 1.54) is 0 Å². The number of rotatable bonds is 4. The highest BCUT2D eigenvalue weighted by Crippen LogP contribution is 2.07. The van der Waals surface area contributed by atoms with Crippen LogP contribution in [0.25, 0.3) is 0 Å². The van der Waals surface area contributed by atoms with Gasteiger partial charge in [-0.1, -0.05) is 19.1 Å². The SMILES string of the molecule is CCCOC(=O)Cc1cccc(N)c1. The van der Waals surface area contributed by atoms with Crippen LogP contribution in [0.15, 0.2) is 24.3 Å². The number of benzene rings is 1. The van der Waals surface area contributed by atoms with Gasteiger partial charge in [-0.05, 0) is 24.1 Å². The van der Waals surface area contributed by atoms with Crippen molar-refractivity contribution in [2.45, 2.75) is 19.8 Å². The Kier molecular flexibility index (Phi) is 3.98. The van der Waals surface area contributed by atoms with Crippen LogP contribution >= 0.6 is 0 Å². The molecule has 0 bridgehead atoms. The summed E-state index contributed by atoms with van der Waals surface area (Å²) in [5, 5.41) is 0. The first kappa shape index (κ1) is 10.6. The Morgan fingerprint density at radius 2 is 2.29 bits per heavy atom. The monoisotopic (exact) mass is 193 g/mol. The summed E-state index contributed by atoms with van der Waals surface area (Å²) < 4.78 is 4.96. The molecule has 0 amide bonds. The molecule has 0 aliphatic rings. The molecule has 0 unspecified atom stereocenters. The van der Waals surface area contributed by atoms with Gasteiger partial charge in [0.15, 0.2) is 0 Å². The van der Waals surface area contributed by atoms with Crippen LogP contribution in [0.1, 0.15) is 18.9 Å². The van der Waals surface area contributed by atoms with E-state index < -0.39 is 0 Å². The summed E-state index contributed by atoms with van der Waals surface area (Å²) in [6.45, 7) is 2.45. The van der Waals surface area contributed by atoms with Gasteiger partial charge in [0.05, 0.1) is 13.0 Å². The van der Waals surface area contributed by atoms with E-state index in [0.29, 0.717) is 18.7 Å². The lowest BCUT2D eigenvalue weighted by Crippen LogP contribution is -2.08. The van der Waals surface area contributed by atoms with Crippen molar-refractivity contribution < 1.29 is 9.53 Å². The molecule has 0 atom stereocenters. The molecule has 1 rings (SSSR count). The number of carbonyl (C=O) groups excluding carboxylic acids is 1. The Hall–Kier alpha value is -1.51. The average Bonchev–Trinajstić information content (AvgIpc) is 2.15. The highest BCUT2D eigenvalue weighted by molar-refractivity contribution is 5.72. The normalized spacial score (nSPS) is 9.79. The van der Waals surface area contributed by atoms with Crippen LogP contribution in [0.4, 0.5) is 5.69 Å². The lowest BCUT2D eigenvalue weighted by molar-refractivity contribution is -0.142. The van der Waals surface area contributed by atoms with Gasteiger partial charge >= 0.3 is 5.97 Å². The lowest BCUT2D eigenvalue weighted by atomic mass is 10.1. The summed E-state index contributed by atoms with van der Waals surface area (Å²) >= 11 is 0. The number of nitrogen functional groups attached to an aromatic ring is 1. The molecule has 0 saturated carbocycles. The first-order valence-corrected chi connectivity index (χ1v) is 4.72. The minimum Gasteiger partial charge on any atom is -0.465 e. The molecule has 0 saturated heterocycles. The molecule has 3 nitrogen and oxygen atoms in total. The van der Waals surface area contributed by atoms with Crippen molar-refractivity contribution in [2.75, 3.05) is 12.3 Å². The molecule has 1 aromatic carbocycles. The van der Waals surface area contributed by atoms with Gasteiger partial charge in [-0.25, -0.2) is 0 Å². The van der Waals surface area contributed by atoms with Gasteiger partial charge in [-0.2, -0.15) is 0 Å². The minimum atomic E-state index is -0.197. The highest BCUT2D eigenvalue weighted by atomic mass is 16.5. The maximum absolute atomic E-state index is 11.2. The van der Waals surface area contributed by atoms with Crippen molar-refractivity contribution in [1.82, 2.24) is 0 Å². The number of hydrogen-bond donors (Lipinski definition) is 1. The number of esters is 1. The van der Waals surface area contributed by atoms with Gasteiger partial charge in [-0.3, -0.25) is 4.79 Å². The van der Waals surface area contributed by atoms with Crippen LogP contribution in [0.5, 0.6) is 0 Å². The quantitative estimate of drug-likeness (QED) is 0.585. The van der Waals surface area contributed by atoms with Gasteiger partial charge in [0.2, 0.25) is 0 Å². The third-order valence-corrected chi connectivity index (χ3v) is 1.77. The van der Waals surface area contributed by atoms with E-state index in [1.54, 1.807) is 12.1 Å². The summed E-state index contributed by atoms with van der Waals surface area (Å²) in [5.74, 6) is -0.197. The summed E-state index contributed by atoms with van der Waals surface area (Å²) in [7, 11) is 0. The number of nitrogens with two attached hydrogens (primary N) is 1. The molecule has 2 N–H and O–H groups in total. The van der Waals surface area contributed by atoms with Gasteiger partial charge < -0.3 is 10.5 Å². The highest BCUT2D eigenvalue weighted by Gasteiger charge is 2.03. The van der Waals surface area contributed by atoms with Crippen LogP contribution in [-0.2, 0) is 16.0 Å². The van der Waals surface area contributed by atoms with E-state index in [9.17, 15) is 4.79 Å². The molecule has 0 aliphatic carbocycles. The van der Waals surface area contributed by atoms with Crippen LogP contribution in [-0.4, -0.2) is 12.6 Å². The number of ether oxygens (including phenoxy) is 1. The van der Waals surface area contributed by atoms with Gasteiger partial charge in [-0.15, -0.1) is 0 Å². The molecule has 0 radical (unpaired) electrons. The van der Waals surface area contributed by atoms with Crippen LogP contribution in [0.2, 0.25) is 0 Å². The van der Waals surface area contributed by atoms with E-state index >= 15 is 0 Å². The summed E-state index contributed by atoms with van der Waals surface area (Å²) in [6, 6.07) is 7.27. The van der Waals surface area contributed by atoms with E-state index in [1.807, 2.05) is 19.1 Å². The zero-order valence-electron chi connectivity index (χ0n) is 8.32. The Labute approximate surface area is 83.9 Å². The molecule has 0 aromatic heterocycles. The molecular formula is C11H15NO2. The first-order valence-electron chi connectivity index (χ1n) is 4.72. The van der Waals surface area contributed by atoms with Crippen molar-refractivity contribution in [3.05, 3.63) is 29.8 Å². The zero-order valence-corrected chi connectivity index (χ0v) is 8.32. The first-order chi connectivity index (χ1) is 6.72. The predicted octanol–water partition coefficient (Wildman–Crippen LogP) is 1.76. The van der Waals surface area contributed by atoms with Crippen LogP contribution < -0.4 is 5.73 Å². The minimum absolute atomic E-state index is 0.197. The third kappa shape index (κ3) is 3.47. The molecule has 0 spiro atoms. The lowest BCUT2D eigenvalue weighted by Gasteiger charge is -2.03. The van der Waals surface area contributed by atoms with Crippen LogP contribution in [0, 0.1) is 0 Å². The Balaban J connectivity index is 2.47. The second-order valence-corrected chi connectivity index (χ2v) is 3.14. The molecule has 3 heteroatoms. The maximum Gasteiger partial charge on any atom is 0.310 e. The predicted molar refractivity (Wildman–Crippen MR) is 55.8 cm³/mol. The van der Waals surface area contributed by atoms with E-state index in [4.69, 9.17) is 10.5 Å². The Bertz CT molecular complexity index is 310. The summed E-state index contributed by atoms with van der Waals surface area (Å²) in [5.41, 5.74) is 7.15. The maximum atomic E-state index is 11.2. The van der Waals surface area contributed by atoms with Crippen molar-refractivity contribution in [2.24, 2.45) is 0 Å². The molecule has 0 aliphatic heterocycles. The largest absolute Gasteiger partial charge is 0.465 e. The number of hydrogen-bond acceptors (Lipinski definition) is 3. The fraction of sp³-hybridized carbons (Fsp3) is 0.364. The fourth-order valence-corrected chi connectivity index (χ4v) is 1.14. The van der Waals surface area contributed by atoms with Crippen molar-refractivity contribution >= 4 is 11.7 Å². The van der Waals surface area contributed by atoms with Gasteiger partial charge in [0, 0.05) is 5.69 Å². The second-order valence-electron chi connectivity index (χ2n) is 3.14. The molecule has 14 heavy (non-hydrogen) atoms. The Morgan fingerprint density at radius 1 is 1.50 bits per heavy atom. The topological polar surface area (TPSA) is 52.3 Å².